The van der Waals surface area contributed by atoms with Crippen molar-refractivity contribution in [1.29, 1.82) is 0 Å². The molecule has 0 radical (unpaired) electrons. The van der Waals surface area contributed by atoms with Crippen LogP contribution in [0.4, 0.5) is 0 Å². The minimum Gasteiger partial charge on any atom is -0.479 e. The number of carboxylic acids is 1. The van der Waals surface area contributed by atoms with Crippen molar-refractivity contribution in [3.8, 4) is 0 Å². The van der Waals surface area contributed by atoms with Crippen molar-refractivity contribution in [2.45, 2.75) is 43.5 Å². The Kier molecular flexibility index (Phi) is 6.81. The zero-order valence-corrected chi connectivity index (χ0v) is 16.5. The maximum absolute atomic E-state index is 12.6. The first-order valence-electron chi connectivity index (χ1n) is 9.53. The fourth-order valence-electron chi connectivity index (χ4n) is 3.21. The van der Waals surface area contributed by atoms with Crippen molar-refractivity contribution >= 4 is 17.7 Å². The molecule has 9 nitrogen and oxygen atoms in total. The van der Waals surface area contributed by atoms with Crippen LogP contribution in [0.15, 0.2) is 54.6 Å². The maximum Gasteiger partial charge on any atom is 0.335 e. The molecule has 1 fully saturated rings. The zero-order chi connectivity index (χ0) is 22.7. The second-order valence-electron chi connectivity index (χ2n) is 7.21. The molecular formula is C22H22O9. The van der Waals surface area contributed by atoms with Gasteiger partial charge in [0.05, 0.1) is 5.92 Å². The number of carboxylic acid groups (broad SMARTS) is 1. The average molecular weight is 431 g/mol. The number of ketones is 1. The van der Waals surface area contributed by atoms with Gasteiger partial charge in [-0.1, -0.05) is 48.5 Å². The van der Waals surface area contributed by atoms with Gasteiger partial charge in [0.2, 0.25) is 6.29 Å². The van der Waals surface area contributed by atoms with Crippen molar-refractivity contribution < 1.29 is 44.3 Å². The highest BCUT2D eigenvalue weighted by Crippen LogP contribution is 2.26. The molecule has 0 bridgehead atoms. The summed E-state index contributed by atoms with van der Waals surface area (Å²) in [5.74, 6) is -3.58. The van der Waals surface area contributed by atoms with Crippen LogP contribution in [-0.2, 0) is 19.1 Å². The summed E-state index contributed by atoms with van der Waals surface area (Å²) < 4.78 is 10.0. The van der Waals surface area contributed by atoms with Crippen LogP contribution in [0.5, 0.6) is 0 Å². The van der Waals surface area contributed by atoms with E-state index < -0.39 is 48.6 Å². The molecule has 0 spiro atoms. The number of aliphatic hydroxyl groups is 3. The minimum atomic E-state index is -1.89. The van der Waals surface area contributed by atoms with Crippen LogP contribution in [0, 0.1) is 0 Å². The third-order valence-corrected chi connectivity index (χ3v) is 5.08. The molecule has 1 aliphatic rings. The molecular weight excluding hydrogens is 409 g/mol. The van der Waals surface area contributed by atoms with Gasteiger partial charge in [-0.3, -0.25) is 9.59 Å². The number of carbonyl (C=O) groups is 3. The lowest BCUT2D eigenvalue weighted by Crippen LogP contribution is -2.60. The molecule has 1 saturated heterocycles. The Labute approximate surface area is 177 Å². The molecule has 1 aliphatic heterocycles. The molecule has 4 N–H and O–H groups in total. The van der Waals surface area contributed by atoms with E-state index in [-0.39, 0.29) is 5.78 Å². The van der Waals surface area contributed by atoms with Gasteiger partial charge >= 0.3 is 11.9 Å². The Morgan fingerprint density at radius 3 is 2.19 bits per heavy atom. The predicted molar refractivity (Wildman–Crippen MR) is 105 cm³/mol. The molecule has 3 rings (SSSR count). The van der Waals surface area contributed by atoms with Crippen LogP contribution in [0.2, 0.25) is 0 Å². The van der Waals surface area contributed by atoms with Crippen LogP contribution in [0.3, 0.4) is 0 Å². The molecule has 31 heavy (non-hydrogen) atoms. The van der Waals surface area contributed by atoms with E-state index >= 15 is 0 Å². The van der Waals surface area contributed by atoms with Crippen molar-refractivity contribution in [3.05, 3.63) is 71.3 Å². The molecule has 9 heteroatoms. The first-order valence-corrected chi connectivity index (χ1v) is 9.53. The zero-order valence-electron chi connectivity index (χ0n) is 16.5. The number of carbonyl (C=O) groups excluding carboxylic acids is 2. The second-order valence-corrected chi connectivity index (χ2v) is 7.21. The Hall–Kier alpha value is -3.11. The van der Waals surface area contributed by atoms with Crippen molar-refractivity contribution in [3.63, 3.8) is 0 Å². The number of hydrogen-bond donors (Lipinski definition) is 4. The Morgan fingerprint density at radius 2 is 1.55 bits per heavy atom. The van der Waals surface area contributed by atoms with Gasteiger partial charge in [0.15, 0.2) is 11.9 Å². The van der Waals surface area contributed by atoms with Crippen molar-refractivity contribution in [2.75, 3.05) is 0 Å². The lowest BCUT2D eigenvalue weighted by atomic mass is 9.98. The Morgan fingerprint density at radius 1 is 0.903 bits per heavy atom. The quantitative estimate of drug-likeness (QED) is 0.290. The van der Waals surface area contributed by atoms with Gasteiger partial charge in [-0.25, -0.2) is 4.79 Å². The van der Waals surface area contributed by atoms with Crippen LogP contribution < -0.4 is 0 Å². The summed E-state index contributed by atoms with van der Waals surface area (Å²) >= 11 is 0. The fourth-order valence-corrected chi connectivity index (χ4v) is 3.21. The van der Waals surface area contributed by atoms with Gasteiger partial charge in [0.25, 0.3) is 0 Å². The molecule has 1 heterocycles. The summed E-state index contributed by atoms with van der Waals surface area (Å²) in [5.41, 5.74) is 1.30. The highest BCUT2D eigenvalue weighted by Gasteiger charge is 2.48. The topological polar surface area (TPSA) is 151 Å². The first-order chi connectivity index (χ1) is 14.7. The molecule has 2 aromatic carbocycles. The number of aliphatic carboxylic acids is 1. The van der Waals surface area contributed by atoms with Crippen LogP contribution in [0.1, 0.15) is 34.3 Å². The summed E-state index contributed by atoms with van der Waals surface area (Å²) in [4.78, 5) is 36.4. The normalized spacial score (nSPS) is 26.6. The SMILES string of the molecule is C[C@H](c1cccc(C(=O)c2ccccc2)c1)[13C](=O)O[C@@H]1O[C@H](C(=O)O)[C@@H](O)[C@H](O)[C@H]1O. The number of esters is 1. The van der Waals surface area contributed by atoms with Crippen molar-refractivity contribution in [2.24, 2.45) is 0 Å². The highest BCUT2D eigenvalue weighted by molar-refractivity contribution is 6.09. The fraction of sp³-hybridized carbons (Fsp3) is 0.318. The number of rotatable bonds is 6. The predicted octanol–water partition coefficient (Wildman–Crippen LogP) is 0.456. The van der Waals surface area contributed by atoms with E-state index in [1.807, 2.05) is 0 Å². The largest absolute Gasteiger partial charge is 0.479 e. The summed E-state index contributed by atoms with van der Waals surface area (Å²) in [5, 5.41) is 38.6. The van der Waals surface area contributed by atoms with E-state index in [2.05, 4.69) is 0 Å². The minimum absolute atomic E-state index is 0.226. The van der Waals surface area contributed by atoms with Gasteiger partial charge in [0.1, 0.15) is 18.3 Å². The van der Waals surface area contributed by atoms with E-state index in [9.17, 15) is 29.7 Å². The first kappa shape index (κ1) is 22.6. The van der Waals surface area contributed by atoms with E-state index in [1.54, 1.807) is 48.5 Å². The van der Waals surface area contributed by atoms with Crippen molar-refractivity contribution in [1.82, 2.24) is 0 Å². The van der Waals surface area contributed by atoms with Crippen LogP contribution in [0.25, 0.3) is 0 Å². The monoisotopic (exact) mass is 431 g/mol. The molecule has 164 valence electrons. The van der Waals surface area contributed by atoms with Crippen LogP contribution >= 0.6 is 0 Å². The summed E-state index contributed by atoms with van der Waals surface area (Å²) in [6, 6.07) is 15.0. The third-order valence-electron chi connectivity index (χ3n) is 5.08. The van der Waals surface area contributed by atoms with Gasteiger partial charge in [-0.05, 0) is 18.6 Å². The standard InChI is InChI=1S/C22H22O9/c1-11(13-8-5-9-14(10-13)15(23)12-6-3-2-4-7-12)21(29)31-22-18(26)16(24)17(25)19(30-22)20(27)28/h2-11,16-19,22,24-26H,1H3,(H,27,28)/t11-,16+,17+,18-,19+,22+/m1/s1/i21+1. The van der Waals surface area contributed by atoms with Gasteiger partial charge < -0.3 is 29.9 Å². The Balaban J connectivity index is 1.74. The maximum atomic E-state index is 12.6. The van der Waals surface area contributed by atoms with E-state index in [1.165, 1.54) is 13.0 Å². The highest BCUT2D eigenvalue weighted by atomic mass is 16.8. The molecule has 6 atom stereocenters. The summed E-state index contributed by atoms with van der Waals surface area (Å²) in [7, 11) is 0. The molecule has 0 saturated carbocycles. The molecule has 0 aromatic heterocycles. The number of aliphatic hydroxyl groups excluding tert-OH is 3. The second kappa shape index (κ2) is 9.36. The molecule has 0 unspecified atom stereocenters. The molecule has 0 aliphatic carbocycles. The molecule has 0 amide bonds. The van der Waals surface area contributed by atoms with Gasteiger partial charge in [-0.2, -0.15) is 0 Å². The van der Waals surface area contributed by atoms with E-state index in [0.717, 1.165) is 0 Å². The Bertz CT molecular complexity index is 958. The van der Waals surface area contributed by atoms with E-state index in [4.69, 9.17) is 14.6 Å². The molecule has 2 aromatic rings. The lowest BCUT2D eigenvalue weighted by Gasteiger charge is -2.38. The third kappa shape index (κ3) is 4.80. The number of ether oxygens (including phenoxy) is 2. The average Bonchev–Trinajstić information content (AvgIpc) is 2.78. The lowest BCUT2D eigenvalue weighted by molar-refractivity contribution is -0.286. The summed E-state index contributed by atoms with van der Waals surface area (Å²) in [6.07, 6.45) is -9.27. The number of hydrogen-bond acceptors (Lipinski definition) is 8. The van der Waals surface area contributed by atoms with Crippen LogP contribution in [-0.4, -0.2) is 68.9 Å². The number of benzene rings is 2. The van der Waals surface area contributed by atoms with Gasteiger partial charge in [0, 0.05) is 11.1 Å². The smallest absolute Gasteiger partial charge is 0.335 e. The van der Waals surface area contributed by atoms with E-state index in [0.29, 0.717) is 16.7 Å². The summed E-state index contributed by atoms with van der Waals surface area (Å²) in [6.45, 7) is 1.50. The van der Waals surface area contributed by atoms with Gasteiger partial charge in [-0.15, -0.1) is 0 Å².